The summed E-state index contributed by atoms with van der Waals surface area (Å²) in [7, 11) is -2.18. The third-order valence-corrected chi connectivity index (χ3v) is 4.54. The molecule has 0 saturated heterocycles. The number of benzene rings is 1. The third-order valence-electron chi connectivity index (χ3n) is 2.69. The van der Waals surface area contributed by atoms with Gasteiger partial charge in [-0.2, -0.15) is 0 Å². The molecule has 1 aromatic carbocycles. The first-order chi connectivity index (χ1) is 9.37. The van der Waals surface area contributed by atoms with E-state index in [9.17, 15) is 13.2 Å². The first-order valence-electron chi connectivity index (χ1n) is 6.29. The molecule has 0 heterocycles. The van der Waals surface area contributed by atoms with E-state index >= 15 is 0 Å². The summed E-state index contributed by atoms with van der Waals surface area (Å²) in [4.78, 5) is 10.6. The fourth-order valence-corrected chi connectivity index (χ4v) is 2.89. The summed E-state index contributed by atoms with van der Waals surface area (Å²) < 4.78 is 31.0. The molecule has 0 spiro atoms. The summed E-state index contributed by atoms with van der Waals surface area (Å²) >= 11 is 0. The molecule has 112 valence electrons. The van der Waals surface area contributed by atoms with E-state index in [2.05, 4.69) is 0 Å². The van der Waals surface area contributed by atoms with Crippen molar-refractivity contribution in [1.82, 2.24) is 4.31 Å². The van der Waals surface area contributed by atoms with Crippen molar-refractivity contribution in [2.75, 3.05) is 20.2 Å². The molecule has 0 bridgehead atoms. The average Bonchev–Trinajstić information content (AvgIpc) is 2.39. The second-order valence-electron chi connectivity index (χ2n) is 4.23. The molecule has 0 unspecified atom stereocenters. The minimum Gasteiger partial charge on any atom is -0.494 e. The molecule has 0 saturated carbocycles. The number of carboxylic acid groups (broad SMARTS) is 1. The lowest BCUT2D eigenvalue weighted by atomic mass is 10.3. The molecule has 0 amide bonds. The van der Waals surface area contributed by atoms with Gasteiger partial charge in [-0.3, -0.25) is 4.79 Å². The minimum absolute atomic E-state index is 0.0567. The topological polar surface area (TPSA) is 83.9 Å². The highest BCUT2D eigenvalue weighted by Gasteiger charge is 2.21. The molecule has 20 heavy (non-hydrogen) atoms. The maximum Gasteiger partial charge on any atom is 0.303 e. The molecule has 0 fully saturated rings. The average molecular weight is 301 g/mol. The van der Waals surface area contributed by atoms with Crippen LogP contribution in [0.1, 0.15) is 19.8 Å². The van der Waals surface area contributed by atoms with Gasteiger partial charge in [0.05, 0.1) is 11.5 Å². The van der Waals surface area contributed by atoms with Crippen LogP contribution >= 0.6 is 0 Å². The summed E-state index contributed by atoms with van der Waals surface area (Å²) in [5.41, 5.74) is 0. The number of carbonyl (C=O) groups is 1. The fourth-order valence-electron chi connectivity index (χ4n) is 1.64. The number of rotatable bonds is 8. The molecule has 0 aliphatic carbocycles. The van der Waals surface area contributed by atoms with Gasteiger partial charge < -0.3 is 9.84 Å². The van der Waals surface area contributed by atoms with Crippen molar-refractivity contribution in [1.29, 1.82) is 0 Å². The van der Waals surface area contributed by atoms with Gasteiger partial charge in [-0.05, 0) is 25.5 Å². The summed E-state index contributed by atoms with van der Waals surface area (Å²) in [5.74, 6) is -0.443. The molecular weight excluding hydrogens is 282 g/mol. The largest absolute Gasteiger partial charge is 0.494 e. The van der Waals surface area contributed by atoms with Gasteiger partial charge in [0.1, 0.15) is 5.75 Å². The van der Waals surface area contributed by atoms with Crippen molar-refractivity contribution in [3.8, 4) is 5.75 Å². The highest BCUT2D eigenvalue weighted by atomic mass is 32.2. The van der Waals surface area contributed by atoms with E-state index in [1.165, 1.54) is 19.2 Å². The number of aliphatic carboxylic acids is 1. The Morgan fingerprint density at radius 2 is 2.10 bits per heavy atom. The highest BCUT2D eigenvalue weighted by Crippen LogP contribution is 2.20. The monoisotopic (exact) mass is 301 g/mol. The summed E-state index contributed by atoms with van der Waals surface area (Å²) in [6.07, 6.45) is 0.217. The lowest BCUT2D eigenvalue weighted by Crippen LogP contribution is -2.28. The maximum atomic E-state index is 12.3. The molecule has 1 N–H and O–H groups in total. The number of carboxylic acids is 1. The Balaban J connectivity index is 2.81. The molecule has 6 nitrogen and oxygen atoms in total. The molecule has 0 atom stereocenters. The normalized spacial score (nSPS) is 11.6. The van der Waals surface area contributed by atoms with Crippen molar-refractivity contribution in [3.05, 3.63) is 24.3 Å². The van der Waals surface area contributed by atoms with Crippen LogP contribution in [0.15, 0.2) is 29.2 Å². The molecule has 0 aromatic heterocycles. The van der Waals surface area contributed by atoms with Gasteiger partial charge in [0.15, 0.2) is 0 Å². The third kappa shape index (κ3) is 4.50. The first kappa shape index (κ1) is 16.5. The van der Waals surface area contributed by atoms with E-state index in [1.54, 1.807) is 12.1 Å². The Labute approximate surface area is 119 Å². The van der Waals surface area contributed by atoms with Gasteiger partial charge in [0.25, 0.3) is 0 Å². The first-order valence-corrected chi connectivity index (χ1v) is 7.73. The van der Waals surface area contributed by atoms with Crippen molar-refractivity contribution in [3.63, 3.8) is 0 Å². The van der Waals surface area contributed by atoms with E-state index in [-0.39, 0.29) is 24.3 Å². The van der Waals surface area contributed by atoms with Crippen LogP contribution in [0.3, 0.4) is 0 Å². The van der Waals surface area contributed by atoms with Crippen LogP contribution in [0.5, 0.6) is 5.75 Å². The van der Waals surface area contributed by atoms with Gasteiger partial charge >= 0.3 is 5.97 Å². The van der Waals surface area contributed by atoms with Crippen LogP contribution in [0.2, 0.25) is 0 Å². The Morgan fingerprint density at radius 1 is 1.40 bits per heavy atom. The highest BCUT2D eigenvalue weighted by molar-refractivity contribution is 7.89. The van der Waals surface area contributed by atoms with Crippen molar-refractivity contribution < 1.29 is 23.1 Å². The van der Waals surface area contributed by atoms with Crippen molar-refractivity contribution in [2.24, 2.45) is 0 Å². The molecule has 1 aromatic rings. The lowest BCUT2D eigenvalue weighted by molar-refractivity contribution is -0.137. The van der Waals surface area contributed by atoms with Gasteiger partial charge in [-0.25, -0.2) is 12.7 Å². The van der Waals surface area contributed by atoms with Crippen LogP contribution in [0.25, 0.3) is 0 Å². The Hall–Kier alpha value is -1.60. The summed E-state index contributed by atoms with van der Waals surface area (Å²) in [6, 6.07) is 6.26. The molecule has 0 aliphatic rings. The zero-order valence-electron chi connectivity index (χ0n) is 11.6. The summed E-state index contributed by atoms with van der Waals surface area (Å²) in [5, 5.41) is 8.56. The molecule has 0 radical (unpaired) electrons. The predicted molar refractivity (Wildman–Crippen MR) is 74.3 cm³/mol. The summed E-state index contributed by atoms with van der Waals surface area (Å²) in [6.45, 7) is 2.44. The van der Waals surface area contributed by atoms with Crippen LogP contribution in [-0.2, 0) is 14.8 Å². The van der Waals surface area contributed by atoms with E-state index in [4.69, 9.17) is 9.84 Å². The minimum atomic E-state index is -3.62. The number of sulfonamides is 1. The van der Waals surface area contributed by atoms with Crippen LogP contribution < -0.4 is 4.74 Å². The van der Waals surface area contributed by atoms with Crippen LogP contribution in [-0.4, -0.2) is 44.0 Å². The zero-order chi connectivity index (χ0) is 15.2. The van der Waals surface area contributed by atoms with Crippen LogP contribution in [0.4, 0.5) is 0 Å². The predicted octanol–water partition coefficient (Wildman–Crippen LogP) is 1.57. The zero-order valence-corrected chi connectivity index (χ0v) is 12.4. The number of hydrogen-bond donors (Lipinski definition) is 1. The van der Waals surface area contributed by atoms with Crippen molar-refractivity contribution in [2.45, 2.75) is 24.7 Å². The number of hydrogen-bond acceptors (Lipinski definition) is 4. The van der Waals surface area contributed by atoms with E-state index in [0.717, 1.165) is 4.31 Å². The quantitative estimate of drug-likeness (QED) is 0.788. The maximum absolute atomic E-state index is 12.3. The number of ether oxygens (including phenoxy) is 1. The van der Waals surface area contributed by atoms with Crippen molar-refractivity contribution >= 4 is 16.0 Å². The SMILES string of the molecule is CCOc1cccc(S(=O)(=O)N(C)CCCC(=O)O)c1. The van der Waals surface area contributed by atoms with Crippen LogP contribution in [0, 0.1) is 0 Å². The molecule has 0 aliphatic heterocycles. The van der Waals surface area contributed by atoms with E-state index in [0.29, 0.717) is 12.4 Å². The lowest BCUT2D eigenvalue weighted by Gasteiger charge is -2.17. The standard InChI is InChI=1S/C13H19NO5S/c1-3-19-11-6-4-7-12(10-11)20(17,18)14(2)9-5-8-13(15)16/h4,6-7,10H,3,5,8-9H2,1-2H3,(H,15,16). The second-order valence-corrected chi connectivity index (χ2v) is 6.28. The fraction of sp³-hybridized carbons (Fsp3) is 0.462. The van der Waals surface area contributed by atoms with Gasteiger partial charge in [0.2, 0.25) is 10.0 Å². The second kappa shape index (κ2) is 7.25. The van der Waals surface area contributed by atoms with E-state index < -0.39 is 16.0 Å². The Morgan fingerprint density at radius 3 is 2.70 bits per heavy atom. The Bertz CT molecular complexity index is 556. The smallest absolute Gasteiger partial charge is 0.303 e. The van der Waals surface area contributed by atoms with Gasteiger partial charge in [-0.1, -0.05) is 6.07 Å². The van der Waals surface area contributed by atoms with Gasteiger partial charge in [-0.15, -0.1) is 0 Å². The van der Waals surface area contributed by atoms with E-state index in [1.807, 2.05) is 6.92 Å². The Kier molecular flexibility index (Phi) is 5.97. The molecule has 1 rings (SSSR count). The molecule has 7 heteroatoms. The number of nitrogens with zero attached hydrogens (tertiary/aromatic N) is 1. The molecular formula is C13H19NO5S. The van der Waals surface area contributed by atoms with Gasteiger partial charge in [0, 0.05) is 26.1 Å².